The molecular formula is C23H27Br2NO3. The molecule has 0 spiro atoms. The number of hydrogen-bond acceptors (Lipinski definition) is 2. The zero-order valence-corrected chi connectivity index (χ0v) is 20.1. The Bertz CT molecular complexity index is 867. The molecule has 29 heavy (non-hydrogen) atoms. The van der Waals surface area contributed by atoms with Gasteiger partial charge in [0.15, 0.2) is 0 Å². The molecule has 1 aliphatic heterocycles. The van der Waals surface area contributed by atoms with Gasteiger partial charge in [-0.15, -0.1) is 0 Å². The molecule has 4 rings (SSSR count). The van der Waals surface area contributed by atoms with Crippen LogP contribution in [0.3, 0.4) is 0 Å². The molecule has 2 aliphatic rings. The number of carbonyl (C=O) groups is 2. The summed E-state index contributed by atoms with van der Waals surface area (Å²) in [5, 5.41) is 7.72. The largest absolute Gasteiger partial charge is 0.481 e. The predicted molar refractivity (Wildman–Crippen MR) is 125 cm³/mol. The van der Waals surface area contributed by atoms with Crippen molar-refractivity contribution >= 4 is 49.4 Å². The zero-order valence-electron chi connectivity index (χ0n) is 16.9. The first-order valence-electron chi connectivity index (χ1n) is 9.93. The Morgan fingerprint density at radius 1 is 0.897 bits per heavy atom. The summed E-state index contributed by atoms with van der Waals surface area (Å²) in [6.45, 7) is 4.33. The smallest absolute Gasteiger partial charge is 0.303 e. The molecule has 0 unspecified atom stereocenters. The van der Waals surface area contributed by atoms with E-state index in [1.807, 2.05) is 24.0 Å². The quantitative estimate of drug-likeness (QED) is 0.511. The van der Waals surface area contributed by atoms with Gasteiger partial charge in [-0.05, 0) is 72.7 Å². The molecule has 1 amide bonds. The van der Waals surface area contributed by atoms with E-state index in [1.54, 1.807) is 12.5 Å². The van der Waals surface area contributed by atoms with E-state index in [0.717, 1.165) is 23.1 Å². The minimum atomic E-state index is -0.745. The third-order valence-electron chi connectivity index (χ3n) is 4.90. The van der Waals surface area contributed by atoms with Gasteiger partial charge in [-0.25, -0.2) is 0 Å². The van der Waals surface area contributed by atoms with Gasteiger partial charge in [-0.1, -0.05) is 51.8 Å². The first-order chi connectivity index (χ1) is 13.8. The average molecular weight is 525 g/mol. The van der Waals surface area contributed by atoms with Crippen molar-refractivity contribution in [2.45, 2.75) is 52.4 Å². The highest BCUT2D eigenvalue weighted by molar-refractivity contribution is 9.10. The summed E-state index contributed by atoms with van der Waals surface area (Å²) in [6.07, 6.45) is 5.67. The van der Waals surface area contributed by atoms with Crippen molar-refractivity contribution in [2.75, 3.05) is 11.4 Å². The van der Waals surface area contributed by atoms with E-state index in [2.05, 4.69) is 56.1 Å². The summed E-state index contributed by atoms with van der Waals surface area (Å²) in [6, 6.07) is 12.7. The number of nitrogens with zero attached hydrogens (tertiary/aromatic N) is 1. The molecule has 0 aromatic heterocycles. The third-order valence-corrected chi connectivity index (χ3v) is 5.89. The van der Waals surface area contributed by atoms with Crippen LogP contribution < -0.4 is 4.90 Å². The Kier molecular flexibility index (Phi) is 9.37. The molecule has 2 aromatic rings. The number of amides is 1. The molecular weight excluding hydrogens is 498 g/mol. The van der Waals surface area contributed by atoms with Crippen molar-refractivity contribution in [3.05, 3.63) is 62.0 Å². The Hall–Kier alpha value is -1.66. The fourth-order valence-electron chi connectivity index (χ4n) is 3.36. The number of carboxylic acid groups (broad SMARTS) is 1. The number of carbonyl (C=O) groups excluding carboxylic acids is 1. The summed E-state index contributed by atoms with van der Waals surface area (Å²) < 4.78 is 2.30. The van der Waals surface area contributed by atoms with E-state index in [1.165, 1.54) is 34.9 Å². The van der Waals surface area contributed by atoms with E-state index in [0.29, 0.717) is 6.42 Å². The van der Waals surface area contributed by atoms with E-state index in [-0.39, 0.29) is 12.3 Å². The number of halogens is 2. The van der Waals surface area contributed by atoms with Crippen molar-refractivity contribution in [1.82, 2.24) is 0 Å². The Morgan fingerprint density at radius 3 is 2.10 bits per heavy atom. The molecule has 0 saturated heterocycles. The number of aryl methyl sites for hydroxylation is 2. The van der Waals surface area contributed by atoms with Crippen LogP contribution in [-0.4, -0.2) is 23.5 Å². The number of anilines is 1. The molecule has 1 aliphatic carbocycles. The van der Waals surface area contributed by atoms with Crippen LogP contribution in [-0.2, 0) is 28.9 Å². The van der Waals surface area contributed by atoms with E-state index >= 15 is 0 Å². The van der Waals surface area contributed by atoms with Gasteiger partial charge < -0.3 is 10.0 Å². The van der Waals surface area contributed by atoms with Crippen LogP contribution >= 0.6 is 31.9 Å². The normalized spacial score (nSPS) is 13.4. The highest BCUT2D eigenvalue weighted by Gasteiger charge is 2.23. The summed E-state index contributed by atoms with van der Waals surface area (Å²) in [7, 11) is 0. The number of hydrogen-bond donors (Lipinski definition) is 1. The van der Waals surface area contributed by atoms with Crippen LogP contribution in [0, 0.1) is 0 Å². The standard InChI is InChI=1S/C11H12BrNO.C9H9Br.C3H6O2/c1-2-11(14)13-6-5-8-7-9(12)3-4-10(8)13;10-9-5-4-7-2-1-3-8(7)6-9;1-2-3(4)5/h3-4,7H,2,5-6H2,1H3;4-6H,1-3H2;2H2,1H3,(H,4,5). The van der Waals surface area contributed by atoms with Crippen molar-refractivity contribution in [1.29, 1.82) is 0 Å². The first kappa shape index (κ1) is 23.6. The predicted octanol–water partition coefficient (Wildman–Crippen LogP) is 6.17. The molecule has 0 fully saturated rings. The van der Waals surface area contributed by atoms with Crippen LogP contribution in [0.2, 0.25) is 0 Å². The number of fused-ring (bicyclic) bond motifs is 2. The highest BCUT2D eigenvalue weighted by Crippen LogP contribution is 2.30. The number of carboxylic acids is 1. The molecule has 0 saturated carbocycles. The number of benzene rings is 2. The lowest BCUT2D eigenvalue weighted by molar-refractivity contribution is -0.136. The van der Waals surface area contributed by atoms with Crippen molar-refractivity contribution in [3.8, 4) is 0 Å². The lowest BCUT2D eigenvalue weighted by atomic mass is 10.1. The molecule has 156 valence electrons. The summed E-state index contributed by atoms with van der Waals surface area (Å²) in [5.74, 6) is -0.531. The monoisotopic (exact) mass is 523 g/mol. The molecule has 1 N–H and O–H groups in total. The SMILES string of the molecule is Brc1ccc2c(c1)CCC2.CCC(=O)N1CCc2cc(Br)ccc21.CCC(=O)O. The second kappa shape index (κ2) is 11.5. The van der Waals surface area contributed by atoms with Crippen LogP contribution in [0.1, 0.15) is 49.8 Å². The number of rotatable bonds is 2. The maximum atomic E-state index is 11.6. The van der Waals surface area contributed by atoms with Gasteiger partial charge in [-0.3, -0.25) is 9.59 Å². The highest BCUT2D eigenvalue weighted by atomic mass is 79.9. The fraction of sp³-hybridized carbons (Fsp3) is 0.391. The molecule has 0 bridgehead atoms. The fourth-order valence-corrected chi connectivity index (χ4v) is 4.18. The zero-order chi connectivity index (χ0) is 21.4. The minimum Gasteiger partial charge on any atom is -0.481 e. The lowest BCUT2D eigenvalue weighted by Crippen LogP contribution is -2.27. The van der Waals surface area contributed by atoms with Gasteiger partial charge in [0.1, 0.15) is 0 Å². The van der Waals surface area contributed by atoms with E-state index in [4.69, 9.17) is 5.11 Å². The summed E-state index contributed by atoms with van der Waals surface area (Å²) >= 11 is 6.90. The van der Waals surface area contributed by atoms with Crippen LogP contribution in [0.25, 0.3) is 0 Å². The van der Waals surface area contributed by atoms with Gasteiger partial charge in [-0.2, -0.15) is 0 Å². The summed E-state index contributed by atoms with van der Waals surface area (Å²) in [4.78, 5) is 22.8. The van der Waals surface area contributed by atoms with Crippen LogP contribution in [0.5, 0.6) is 0 Å². The minimum absolute atomic E-state index is 0.214. The molecule has 1 heterocycles. The lowest BCUT2D eigenvalue weighted by Gasteiger charge is -2.15. The van der Waals surface area contributed by atoms with Crippen molar-refractivity contribution in [2.24, 2.45) is 0 Å². The second-order valence-electron chi connectivity index (χ2n) is 6.94. The Labute approximate surface area is 189 Å². The van der Waals surface area contributed by atoms with Gasteiger partial charge in [0.05, 0.1) is 0 Å². The Balaban J connectivity index is 0.000000175. The van der Waals surface area contributed by atoms with Crippen molar-refractivity contribution in [3.63, 3.8) is 0 Å². The summed E-state index contributed by atoms with van der Waals surface area (Å²) in [5.41, 5.74) is 5.43. The van der Waals surface area contributed by atoms with Crippen LogP contribution in [0.15, 0.2) is 45.3 Å². The van der Waals surface area contributed by atoms with E-state index in [9.17, 15) is 9.59 Å². The average Bonchev–Trinajstić information content (AvgIpc) is 3.34. The Morgan fingerprint density at radius 2 is 1.48 bits per heavy atom. The maximum absolute atomic E-state index is 11.6. The van der Waals surface area contributed by atoms with Gasteiger partial charge in [0, 0.05) is 34.0 Å². The van der Waals surface area contributed by atoms with E-state index < -0.39 is 5.97 Å². The third kappa shape index (κ3) is 6.96. The van der Waals surface area contributed by atoms with Gasteiger partial charge in [0.25, 0.3) is 0 Å². The van der Waals surface area contributed by atoms with Crippen molar-refractivity contribution < 1.29 is 14.7 Å². The molecule has 2 aromatic carbocycles. The first-order valence-corrected chi connectivity index (χ1v) is 11.5. The topological polar surface area (TPSA) is 57.6 Å². The second-order valence-corrected chi connectivity index (χ2v) is 8.77. The maximum Gasteiger partial charge on any atom is 0.303 e. The van der Waals surface area contributed by atoms with Crippen LogP contribution in [0.4, 0.5) is 5.69 Å². The molecule has 6 heteroatoms. The number of aliphatic carboxylic acids is 1. The van der Waals surface area contributed by atoms with Gasteiger partial charge in [0.2, 0.25) is 5.91 Å². The molecule has 4 nitrogen and oxygen atoms in total. The molecule has 0 radical (unpaired) electrons. The molecule has 0 atom stereocenters. The van der Waals surface area contributed by atoms with Gasteiger partial charge >= 0.3 is 5.97 Å².